The predicted octanol–water partition coefficient (Wildman–Crippen LogP) is 5.20. The van der Waals surface area contributed by atoms with Crippen LogP contribution < -0.4 is 0 Å². The Balaban J connectivity index is 2.96. The third-order valence-electron chi connectivity index (χ3n) is 4.72. The average molecular weight is 413 g/mol. The summed E-state index contributed by atoms with van der Waals surface area (Å²) in [6, 6.07) is -0.125. The predicted molar refractivity (Wildman–Crippen MR) is 112 cm³/mol. The van der Waals surface area contributed by atoms with E-state index in [4.69, 9.17) is 9.57 Å². The van der Waals surface area contributed by atoms with Crippen molar-refractivity contribution in [2.75, 3.05) is 13.7 Å². The molecule has 160 valence electrons. The van der Waals surface area contributed by atoms with Gasteiger partial charge in [-0.15, -0.1) is 11.3 Å². The molecule has 0 aliphatic heterocycles. The molecular formula is C21H36N2O4S. The molecule has 0 radical (unpaired) electrons. The van der Waals surface area contributed by atoms with E-state index >= 15 is 0 Å². The van der Waals surface area contributed by atoms with Crippen LogP contribution in [0.25, 0.3) is 0 Å². The van der Waals surface area contributed by atoms with E-state index in [0.717, 1.165) is 43.4 Å². The van der Waals surface area contributed by atoms with Crippen LogP contribution in [0.3, 0.4) is 0 Å². The second kappa shape index (κ2) is 13.8. The van der Waals surface area contributed by atoms with Crippen LogP contribution in [0.4, 0.5) is 0 Å². The molecule has 0 aliphatic carbocycles. The number of hydrogen-bond acceptors (Lipinski definition) is 6. The fourth-order valence-corrected chi connectivity index (χ4v) is 3.82. The van der Waals surface area contributed by atoms with E-state index in [0.29, 0.717) is 25.1 Å². The number of ether oxygens (including phenoxy) is 1. The molecule has 0 saturated carbocycles. The van der Waals surface area contributed by atoms with E-state index in [9.17, 15) is 9.59 Å². The highest BCUT2D eigenvalue weighted by Crippen LogP contribution is 2.30. The van der Waals surface area contributed by atoms with Crippen LogP contribution in [0.5, 0.6) is 0 Å². The lowest BCUT2D eigenvalue weighted by molar-refractivity contribution is -0.210. The molecule has 1 amide bonds. The first-order valence-electron chi connectivity index (χ1n) is 10.4. The number of amides is 1. The second-order valence-electron chi connectivity index (χ2n) is 7.36. The zero-order valence-corrected chi connectivity index (χ0v) is 18.8. The zero-order valence-electron chi connectivity index (χ0n) is 18.0. The third-order valence-corrected chi connectivity index (χ3v) is 5.67. The first-order chi connectivity index (χ1) is 13.5. The van der Waals surface area contributed by atoms with Crippen molar-refractivity contribution in [3.05, 3.63) is 16.1 Å². The highest BCUT2D eigenvalue weighted by atomic mass is 32.1. The molecule has 0 N–H and O–H groups in total. The van der Waals surface area contributed by atoms with Gasteiger partial charge in [0.1, 0.15) is 16.8 Å². The summed E-state index contributed by atoms with van der Waals surface area (Å²) in [6.45, 7) is 8.94. The van der Waals surface area contributed by atoms with Crippen molar-refractivity contribution in [2.24, 2.45) is 5.92 Å². The number of carbonyl (C=O) groups excluding carboxylic acids is 2. The Labute approximate surface area is 173 Å². The number of aldehydes is 1. The van der Waals surface area contributed by atoms with Gasteiger partial charge in [-0.2, -0.15) is 0 Å². The molecule has 0 aliphatic rings. The molecule has 1 rings (SSSR count). The van der Waals surface area contributed by atoms with Gasteiger partial charge < -0.3 is 4.74 Å². The lowest BCUT2D eigenvalue weighted by Gasteiger charge is -2.35. The number of rotatable bonds is 15. The monoisotopic (exact) mass is 412 g/mol. The first-order valence-corrected chi connectivity index (χ1v) is 11.2. The Kier molecular flexibility index (Phi) is 12.2. The van der Waals surface area contributed by atoms with Crippen LogP contribution in [0.2, 0.25) is 0 Å². The Morgan fingerprint density at radius 1 is 1.25 bits per heavy atom. The molecule has 6 nitrogen and oxygen atoms in total. The van der Waals surface area contributed by atoms with E-state index in [-0.39, 0.29) is 24.0 Å². The maximum Gasteiger partial charge on any atom is 0.246 e. The lowest BCUT2D eigenvalue weighted by atomic mass is 9.97. The number of thiazole rings is 1. The Bertz CT molecular complexity index is 577. The fraction of sp³-hybridized carbons (Fsp3) is 0.762. The van der Waals surface area contributed by atoms with Crippen molar-refractivity contribution < 1.29 is 19.2 Å². The molecule has 7 heteroatoms. The van der Waals surface area contributed by atoms with E-state index in [2.05, 4.69) is 32.7 Å². The smallest absolute Gasteiger partial charge is 0.246 e. The van der Waals surface area contributed by atoms with E-state index in [1.807, 2.05) is 0 Å². The standard InChI is InChI=1S/C21H36N2O4S/c1-6-8-10-12-27-23(20(25)11-9-7-2)18(16(3)4)13-19(26-5)21-22-17(14-24)15-28-21/h14-16,18-19H,6-13H2,1-5H3. The average Bonchev–Trinajstić information content (AvgIpc) is 3.16. The van der Waals surface area contributed by atoms with Crippen LogP contribution in [-0.4, -0.2) is 42.0 Å². The number of hydrogen-bond donors (Lipinski definition) is 0. The molecule has 2 unspecified atom stereocenters. The van der Waals surface area contributed by atoms with Gasteiger partial charge in [0.2, 0.25) is 5.91 Å². The molecule has 0 bridgehead atoms. The molecule has 2 atom stereocenters. The van der Waals surface area contributed by atoms with Crippen LogP contribution in [0.15, 0.2) is 5.38 Å². The highest BCUT2D eigenvalue weighted by Gasteiger charge is 2.31. The minimum absolute atomic E-state index is 0.0274. The molecule has 0 aromatic carbocycles. The number of unbranched alkanes of at least 4 members (excludes halogenated alkanes) is 3. The number of carbonyl (C=O) groups is 2. The van der Waals surface area contributed by atoms with Gasteiger partial charge in [0.25, 0.3) is 0 Å². The summed E-state index contributed by atoms with van der Waals surface area (Å²) in [4.78, 5) is 34.2. The normalized spacial score (nSPS) is 13.5. The van der Waals surface area contributed by atoms with Crippen molar-refractivity contribution in [2.45, 2.75) is 84.8 Å². The number of aromatic nitrogens is 1. The Hall–Kier alpha value is -1.31. The van der Waals surface area contributed by atoms with Crippen molar-refractivity contribution in [3.63, 3.8) is 0 Å². The topological polar surface area (TPSA) is 68.7 Å². The first kappa shape index (κ1) is 24.7. The Morgan fingerprint density at radius 3 is 2.50 bits per heavy atom. The zero-order chi connectivity index (χ0) is 20.9. The molecule has 0 saturated heterocycles. The van der Waals surface area contributed by atoms with Crippen molar-refractivity contribution in [1.29, 1.82) is 0 Å². The number of hydroxylamine groups is 2. The largest absolute Gasteiger partial charge is 0.374 e. The summed E-state index contributed by atoms with van der Waals surface area (Å²) in [5, 5.41) is 4.07. The summed E-state index contributed by atoms with van der Waals surface area (Å²) < 4.78 is 5.67. The maximum absolute atomic E-state index is 12.9. The molecule has 1 aromatic rings. The van der Waals surface area contributed by atoms with Crippen LogP contribution in [0.1, 0.15) is 94.2 Å². The second-order valence-corrected chi connectivity index (χ2v) is 8.25. The van der Waals surface area contributed by atoms with Crippen LogP contribution in [0, 0.1) is 5.92 Å². The Morgan fingerprint density at radius 2 is 1.96 bits per heavy atom. The van der Waals surface area contributed by atoms with Gasteiger partial charge in [-0.1, -0.05) is 47.0 Å². The van der Waals surface area contributed by atoms with Gasteiger partial charge >= 0.3 is 0 Å². The van der Waals surface area contributed by atoms with Gasteiger partial charge in [-0.05, 0) is 18.8 Å². The minimum Gasteiger partial charge on any atom is -0.374 e. The van der Waals surface area contributed by atoms with Crippen molar-refractivity contribution >= 4 is 23.5 Å². The summed E-state index contributed by atoms with van der Waals surface area (Å²) >= 11 is 1.41. The molecule has 28 heavy (non-hydrogen) atoms. The molecule has 1 aromatic heterocycles. The fourth-order valence-electron chi connectivity index (χ4n) is 2.96. The van der Waals surface area contributed by atoms with Gasteiger partial charge in [-0.25, -0.2) is 10.0 Å². The van der Waals surface area contributed by atoms with Gasteiger partial charge in [0.05, 0.1) is 12.6 Å². The quantitative estimate of drug-likeness (QED) is 0.225. The molecule has 1 heterocycles. The lowest BCUT2D eigenvalue weighted by Crippen LogP contribution is -2.44. The van der Waals surface area contributed by atoms with Crippen LogP contribution >= 0.6 is 11.3 Å². The van der Waals surface area contributed by atoms with Gasteiger partial charge in [0.15, 0.2) is 6.29 Å². The summed E-state index contributed by atoms with van der Waals surface area (Å²) in [7, 11) is 1.63. The summed E-state index contributed by atoms with van der Waals surface area (Å²) in [5.74, 6) is 0.222. The molecule has 0 fully saturated rings. The minimum atomic E-state index is -0.285. The van der Waals surface area contributed by atoms with Gasteiger partial charge in [-0.3, -0.25) is 14.4 Å². The van der Waals surface area contributed by atoms with E-state index in [1.165, 1.54) is 11.3 Å². The van der Waals surface area contributed by atoms with Crippen molar-refractivity contribution in [3.8, 4) is 0 Å². The third kappa shape index (κ3) is 7.97. The van der Waals surface area contributed by atoms with E-state index in [1.54, 1.807) is 17.6 Å². The number of nitrogens with zero attached hydrogens (tertiary/aromatic N) is 2. The van der Waals surface area contributed by atoms with Crippen LogP contribution in [-0.2, 0) is 14.4 Å². The summed E-state index contributed by atoms with van der Waals surface area (Å²) in [5.41, 5.74) is 0.412. The summed E-state index contributed by atoms with van der Waals surface area (Å²) in [6.07, 6.45) is 6.45. The van der Waals surface area contributed by atoms with Crippen molar-refractivity contribution in [1.82, 2.24) is 10.0 Å². The SMILES string of the molecule is CCCCCON(C(=O)CCCC)C(CC(OC)c1nc(C=O)cs1)C(C)C. The highest BCUT2D eigenvalue weighted by molar-refractivity contribution is 7.09. The molecule has 0 spiro atoms. The van der Waals surface area contributed by atoms with E-state index < -0.39 is 0 Å². The van der Waals surface area contributed by atoms with Gasteiger partial charge in [0, 0.05) is 25.3 Å². The maximum atomic E-state index is 12.9. The molecular weight excluding hydrogens is 376 g/mol. The number of methoxy groups -OCH3 is 1.